The number of nitrogens with zero attached hydrogens (tertiary/aromatic N) is 2. The highest BCUT2D eigenvalue weighted by Gasteiger charge is 2.67. The Morgan fingerprint density at radius 2 is 1.71 bits per heavy atom. The van der Waals surface area contributed by atoms with Crippen molar-refractivity contribution in [1.29, 1.82) is 0 Å². The molecule has 1 heterocycles. The van der Waals surface area contributed by atoms with Crippen molar-refractivity contribution in [2.24, 2.45) is 5.92 Å². The molecule has 0 spiro atoms. The molecule has 2 amide bonds. The summed E-state index contributed by atoms with van der Waals surface area (Å²) < 4.78 is 2.36. The fourth-order valence-electron chi connectivity index (χ4n) is 3.22. The third-order valence-electron chi connectivity index (χ3n) is 4.66. The van der Waals surface area contributed by atoms with Gasteiger partial charge in [-0.1, -0.05) is 39.3 Å². The van der Waals surface area contributed by atoms with Gasteiger partial charge in [-0.05, 0) is 42.0 Å². The topological polar surface area (TPSA) is 84.0 Å². The van der Waals surface area contributed by atoms with E-state index in [0.29, 0.717) is 26.3 Å². The molecule has 1 aliphatic carbocycles. The fourth-order valence-corrected chi connectivity index (χ4v) is 5.21. The minimum atomic E-state index is -1.32. The molecular formula is C19H11Cl5N4O2S. The van der Waals surface area contributed by atoms with E-state index in [1.807, 2.05) is 0 Å². The second-order valence-corrected chi connectivity index (χ2v) is 10.3. The molecule has 12 heteroatoms. The van der Waals surface area contributed by atoms with Crippen molar-refractivity contribution in [3.05, 3.63) is 68.8 Å². The summed E-state index contributed by atoms with van der Waals surface area (Å²) in [6.45, 7) is 0. The minimum Gasteiger partial charge on any atom is -0.326 e. The molecule has 1 fully saturated rings. The third-order valence-corrected chi connectivity index (χ3v) is 6.94. The summed E-state index contributed by atoms with van der Waals surface area (Å²) >= 11 is 32.1. The molecule has 0 aliphatic heterocycles. The maximum atomic E-state index is 12.9. The zero-order valence-electron chi connectivity index (χ0n) is 15.2. The van der Waals surface area contributed by atoms with Gasteiger partial charge in [-0.15, -0.1) is 28.3 Å². The van der Waals surface area contributed by atoms with Crippen LogP contribution >= 0.6 is 69.5 Å². The van der Waals surface area contributed by atoms with Crippen LogP contribution in [0.5, 0.6) is 0 Å². The van der Waals surface area contributed by atoms with Crippen LogP contribution < -0.4 is 10.6 Å². The summed E-state index contributed by atoms with van der Waals surface area (Å²) in [5.41, 5.74) is 1.20. The predicted molar refractivity (Wildman–Crippen MR) is 125 cm³/mol. The Labute approximate surface area is 205 Å². The van der Waals surface area contributed by atoms with Gasteiger partial charge in [-0.25, -0.2) is 0 Å². The van der Waals surface area contributed by atoms with Crippen LogP contribution in [0.1, 0.15) is 21.8 Å². The molecule has 1 aliphatic rings. The highest BCUT2D eigenvalue weighted by atomic mass is 35.5. The lowest BCUT2D eigenvalue weighted by Gasteiger charge is -2.09. The quantitative estimate of drug-likeness (QED) is 0.376. The number of hydrogen-bond donors (Lipinski definition) is 2. The first-order valence-corrected chi connectivity index (χ1v) is 11.4. The number of nitrogens with one attached hydrogen (secondary N) is 2. The van der Waals surface area contributed by atoms with E-state index in [-0.39, 0.29) is 10.6 Å². The first-order chi connectivity index (χ1) is 14.7. The Morgan fingerprint density at radius 3 is 2.35 bits per heavy atom. The normalized spacial score (nSPS) is 19.0. The molecule has 1 saturated carbocycles. The Hall–Kier alpha value is -1.61. The van der Waals surface area contributed by atoms with Gasteiger partial charge in [0.2, 0.25) is 5.91 Å². The fraction of sp³-hybridized carbons (Fsp3) is 0.158. The van der Waals surface area contributed by atoms with E-state index in [1.165, 1.54) is 18.3 Å². The summed E-state index contributed by atoms with van der Waals surface area (Å²) in [7, 11) is 0. The molecule has 4 rings (SSSR count). The van der Waals surface area contributed by atoms with Crippen LogP contribution in [0.2, 0.25) is 15.1 Å². The van der Waals surface area contributed by atoms with Crippen molar-refractivity contribution < 1.29 is 9.59 Å². The van der Waals surface area contributed by atoms with Gasteiger partial charge < -0.3 is 10.6 Å². The van der Waals surface area contributed by atoms with E-state index in [0.717, 1.165) is 11.5 Å². The van der Waals surface area contributed by atoms with Crippen molar-refractivity contribution in [1.82, 2.24) is 9.59 Å². The smallest absolute Gasteiger partial charge is 0.257 e. The van der Waals surface area contributed by atoms with E-state index in [1.54, 1.807) is 24.3 Å². The average Bonchev–Trinajstić information content (AvgIpc) is 2.99. The molecule has 0 saturated heterocycles. The van der Waals surface area contributed by atoms with Crippen LogP contribution in [0, 0.1) is 5.92 Å². The number of rotatable bonds is 5. The number of benzene rings is 2. The van der Waals surface area contributed by atoms with Gasteiger partial charge in [0.05, 0.1) is 22.7 Å². The molecule has 160 valence electrons. The van der Waals surface area contributed by atoms with E-state index < -0.39 is 28.0 Å². The Kier molecular flexibility index (Phi) is 6.36. The van der Waals surface area contributed by atoms with Crippen LogP contribution in [0.25, 0.3) is 0 Å². The number of carbonyl (C=O) groups is 2. The van der Waals surface area contributed by atoms with Gasteiger partial charge in [-0.3, -0.25) is 9.59 Å². The van der Waals surface area contributed by atoms with Crippen molar-refractivity contribution in [3.8, 4) is 0 Å². The number of halogens is 5. The lowest BCUT2D eigenvalue weighted by molar-refractivity contribution is -0.117. The molecule has 31 heavy (non-hydrogen) atoms. The largest absolute Gasteiger partial charge is 0.326 e. The number of aromatic nitrogens is 2. The van der Waals surface area contributed by atoms with Gasteiger partial charge >= 0.3 is 0 Å². The minimum absolute atomic E-state index is 0.171. The Balaban J connectivity index is 1.51. The molecule has 2 N–H and O–H groups in total. The first-order valence-electron chi connectivity index (χ1n) is 8.69. The lowest BCUT2D eigenvalue weighted by atomic mass is 10.1. The van der Waals surface area contributed by atoms with Crippen molar-refractivity contribution in [3.63, 3.8) is 0 Å². The molecule has 0 bridgehead atoms. The van der Waals surface area contributed by atoms with Crippen molar-refractivity contribution >= 4 is 92.0 Å². The Bertz CT molecular complexity index is 1150. The Morgan fingerprint density at radius 1 is 1.00 bits per heavy atom. The maximum Gasteiger partial charge on any atom is 0.257 e. The van der Waals surface area contributed by atoms with Crippen molar-refractivity contribution in [2.45, 2.75) is 10.3 Å². The molecule has 2 atom stereocenters. The van der Waals surface area contributed by atoms with E-state index in [2.05, 4.69) is 20.2 Å². The average molecular weight is 537 g/mol. The SMILES string of the molecule is O=C(Nc1cnns1)c1cc(NC(=O)C2C(c3cc(Cl)cc(Cl)c3)C2(Cl)Cl)ccc1Cl. The standard InChI is InChI=1S/C19H11Cl5N4O2S/c20-9-3-8(4-10(21)5-9)15-16(19(15,23)24)18(30)26-11-1-2-13(22)12(6-11)17(29)27-14-7-25-28-31-14/h1-7,15-16H,(H,26,30)(H,27,29). The summed E-state index contributed by atoms with van der Waals surface area (Å²) in [5, 5.41) is 10.5. The van der Waals surface area contributed by atoms with Gasteiger partial charge in [0.25, 0.3) is 5.91 Å². The summed E-state index contributed by atoms with van der Waals surface area (Å²) in [6.07, 6.45) is 1.41. The van der Waals surface area contributed by atoms with Crippen LogP contribution in [0.3, 0.4) is 0 Å². The third kappa shape index (κ3) is 4.77. The van der Waals surface area contributed by atoms with Gasteiger partial charge in [-0.2, -0.15) is 0 Å². The highest BCUT2D eigenvalue weighted by molar-refractivity contribution is 7.10. The second-order valence-electron chi connectivity index (χ2n) is 6.75. The van der Waals surface area contributed by atoms with Crippen LogP contribution in [0.4, 0.5) is 10.7 Å². The van der Waals surface area contributed by atoms with Crippen molar-refractivity contribution in [2.75, 3.05) is 10.6 Å². The molecule has 0 radical (unpaired) electrons. The zero-order chi connectivity index (χ0) is 22.3. The summed E-state index contributed by atoms with van der Waals surface area (Å²) in [6, 6.07) is 9.46. The molecule has 2 unspecified atom stereocenters. The van der Waals surface area contributed by atoms with E-state index in [9.17, 15) is 9.59 Å². The maximum absolute atomic E-state index is 12.9. The summed E-state index contributed by atoms with van der Waals surface area (Å²) in [4.78, 5) is 25.4. The number of amides is 2. The van der Waals surface area contributed by atoms with Crippen LogP contribution in [-0.4, -0.2) is 25.7 Å². The van der Waals surface area contributed by atoms with Gasteiger partial charge in [0.1, 0.15) is 9.33 Å². The molecular weight excluding hydrogens is 526 g/mol. The summed E-state index contributed by atoms with van der Waals surface area (Å²) in [5.74, 6) is -2.09. The highest BCUT2D eigenvalue weighted by Crippen LogP contribution is 2.65. The first kappa shape index (κ1) is 22.6. The van der Waals surface area contributed by atoms with Gasteiger partial charge in [0, 0.05) is 33.2 Å². The van der Waals surface area contributed by atoms with Gasteiger partial charge in [0.15, 0.2) is 0 Å². The van der Waals surface area contributed by atoms with Crippen LogP contribution in [0.15, 0.2) is 42.6 Å². The zero-order valence-corrected chi connectivity index (χ0v) is 19.8. The monoisotopic (exact) mass is 534 g/mol. The molecule has 1 aromatic heterocycles. The van der Waals surface area contributed by atoms with E-state index in [4.69, 9.17) is 58.0 Å². The number of alkyl halides is 2. The number of carbonyl (C=O) groups excluding carboxylic acids is 2. The lowest BCUT2D eigenvalue weighted by Crippen LogP contribution is -2.18. The number of hydrogen-bond acceptors (Lipinski definition) is 5. The molecule has 2 aromatic carbocycles. The second kappa shape index (κ2) is 8.73. The number of anilines is 2. The van der Waals surface area contributed by atoms with Crippen LogP contribution in [-0.2, 0) is 4.79 Å². The molecule has 6 nitrogen and oxygen atoms in total. The molecule has 3 aromatic rings. The van der Waals surface area contributed by atoms with E-state index >= 15 is 0 Å². The predicted octanol–water partition coefficient (Wildman–Crippen LogP) is 6.28.